The Morgan fingerprint density at radius 2 is 2.00 bits per heavy atom. The van der Waals surface area contributed by atoms with Crippen molar-refractivity contribution in [3.8, 4) is 17.1 Å². The predicted octanol–water partition coefficient (Wildman–Crippen LogP) is 2.38. The summed E-state index contributed by atoms with van der Waals surface area (Å²) < 4.78 is 18.3. The number of aromatic nitrogens is 4. The average Bonchev–Trinajstić information content (AvgIpc) is 3.16. The Hall–Kier alpha value is -2.87. The van der Waals surface area contributed by atoms with Gasteiger partial charge in [-0.2, -0.15) is 0 Å². The maximum absolute atomic E-state index is 11.8. The van der Waals surface area contributed by atoms with Gasteiger partial charge in [0.15, 0.2) is 5.82 Å². The second-order valence-corrected chi connectivity index (χ2v) is 8.05. The van der Waals surface area contributed by atoms with Gasteiger partial charge in [-0.3, -0.25) is 14.5 Å². The van der Waals surface area contributed by atoms with Crippen LogP contribution in [0.4, 0.5) is 0 Å². The van der Waals surface area contributed by atoms with Crippen LogP contribution in [0, 0.1) is 5.41 Å². The van der Waals surface area contributed by atoms with Crippen LogP contribution in [0.2, 0.25) is 0 Å². The molecule has 28 heavy (non-hydrogen) atoms. The van der Waals surface area contributed by atoms with E-state index in [0.29, 0.717) is 29.2 Å². The number of rotatable bonds is 8. The number of hydrogen-bond donors (Lipinski definition) is 3. The second kappa shape index (κ2) is 8.43. The highest BCUT2D eigenvalue weighted by Gasteiger charge is 2.18. The zero-order chi connectivity index (χ0) is 20.1. The van der Waals surface area contributed by atoms with E-state index < -0.39 is 7.60 Å². The first kappa shape index (κ1) is 19.9. The molecule has 2 heterocycles. The maximum Gasteiger partial charge on any atom is 0.328 e. The Balaban J connectivity index is 1.69. The summed E-state index contributed by atoms with van der Waals surface area (Å²) in [7, 11) is -3.57. The van der Waals surface area contributed by atoms with E-state index in [9.17, 15) is 9.46 Å². The molecule has 0 saturated carbocycles. The van der Waals surface area contributed by atoms with Crippen LogP contribution in [0.15, 0.2) is 48.9 Å². The van der Waals surface area contributed by atoms with E-state index in [-0.39, 0.29) is 18.6 Å². The van der Waals surface area contributed by atoms with Crippen molar-refractivity contribution in [1.82, 2.24) is 19.7 Å². The number of imidazole rings is 1. The SMILES string of the molecule is CCOP(=O)(O)CCc1cn(-c2ccc(-c3ccc(C(=N)N)cc3)nn2)cn1. The lowest BCUT2D eigenvalue weighted by Gasteiger charge is -2.08. The number of aryl methyl sites for hydroxylation is 1. The van der Waals surface area contributed by atoms with Crippen molar-refractivity contribution in [2.75, 3.05) is 12.8 Å². The standard InChI is InChI=1S/C18H21N6O3P/c1-2-27-28(25,26)10-9-15-11-24(12-21-15)17-8-7-16(22-23-17)13-3-5-14(6-4-13)18(19)20/h3-8,11-12H,2,9-10H2,1H3,(H3,19,20)(H,25,26). The lowest BCUT2D eigenvalue weighted by atomic mass is 10.1. The fourth-order valence-electron chi connectivity index (χ4n) is 2.58. The quantitative estimate of drug-likeness (QED) is 0.299. The molecule has 0 bridgehead atoms. The third-order valence-electron chi connectivity index (χ3n) is 4.02. The third kappa shape index (κ3) is 4.89. The summed E-state index contributed by atoms with van der Waals surface area (Å²) in [5, 5.41) is 15.9. The molecule has 9 nitrogen and oxygen atoms in total. The largest absolute Gasteiger partial charge is 0.384 e. The monoisotopic (exact) mass is 400 g/mol. The summed E-state index contributed by atoms with van der Waals surface area (Å²) in [6.45, 7) is 1.87. The molecular formula is C18H21N6O3P. The fraction of sp³-hybridized carbons (Fsp3) is 0.222. The minimum absolute atomic E-state index is 0.0126. The molecule has 1 aromatic carbocycles. The first-order valence-corrected chi connectivity index (χ1v) is 10.4. The molecule has 0 amide bonds. The molecular weight excluding hydrogens is 379 g/mol. The minimum atomic E-state index is -3.57. The number of nitrogens with zero attached hydrogens (tertiary/aromatic N) is 4. The second-order valence-electron chi connectivity index (χ2n) is 6.07. The zero-order valence-corrected chi connectivity index (χ0v) is 16.2. The van der Waals surface area contributed by atoms with Crippen molar-refractivity contribution in [3.05, 3.63) is 60.2 Å². The maximum atomic E-state index is 11.8. The lowest BCUT2D eigenvalue weighted by molar-refractivity contribution is 0.273. The van der Waals surface area contributed by atoms with Gasteiger partial charge in [0.25, 0.3) is 0 Å². The van der Waals surface area contributed by atoms with Crippen LogP contribution in [-0.4, -0.2) is 43.2 Å². The van der Waals surface area contributed by atoms with E-state index in [4.69, 9.17) is 15.7 Å². The lowest BCUT2D eigenvalue weighted by Crippen LogP contribution is -2.10. The van der Waals surface area contributed by atoms with Crippen LogP contribution in [0.3, 0.4) is 0 Å². The van der Waals surface area contributed by atoms with Crippen LogP contribution in [0.25, 0.3) is 17.1 Å². The molecule has 4 N–H and O–H groups in total. The van der Waals surface area contributed by atoms with Crippen molar-refractivity contribution in [2.24, 2.45) is 5.73 Å². The summed E-state index contributed by atoms with van der Waals surface area (Å²) in [6, 6.07) is 10.8. The van der Waals surface area contributed by atoms with Crippen molar-refractivity contribution in [3.63, 3.8) is 0 Å². The van der Waals surface area contributed by atoms with Crippen molar-refractivity contribution < 1.29 is 14.0 Å². The number of hydrogen-bond acceptors (Lipinski definition) is 6. The number of nitrogens with one attached hydrogen (secondary N) is 1. The van der Waals surface area contributed by atoms with E-state index in [1.807, 2.05) is 24.3 Å². The molecule has 2 aromatic heterocycles. The molecule has 0 aliphatic rings. The molecule has 0 spiro atoms. The molecule has 10 heteroatoms. The van der Waals surface area contributed by atoms with E-state index in [1.165, 1.54) is 0 Å². The Morgan fingerprint density at radius 1 is 1.25 bits per heavy atom. The Labute approximate surface area is 162 Å². The van der Waals surface area contributed by atoms with Crippen molar-refractivity contribution in [2.45, 2.75) is 13.3 Å². The Bertz CT molecular complexity index is 1000. The molecule has 3 aromatic rings. The highest BCUT2D eigenvalue weighted by molar-refractivity contribution is 7.52. The molecule has 146 valence electrons. The number of amidine groups is 1. The number of nitrogens with two attached hydrogens (primary N) is 1. The van der Waals surface area contributed by atoms with E-state index >= 15 is 0 Å². The molecule has 3 rings (SSSR count). The Morgan fingerprint density at radius 3 is 2.61 bits per heavy atom. The van der Waals surface area contributed by atoms with Crippen LogP contribution < -0.4 is 5.73 Å². The summed E-state index contributed by atoms with van der Waals surface area (Å²) in [5.41, 5.74) is 8.33. The molecule has 0 aliphatic carbocycles. The first-order valence-electron chi connectivity index (χ1n) is 8.66. The summed E-state index contributed by atoms with van der Waals surface area (Å²) in [6.07, 6.45) is 3.68. The van der Waals surface area contributed by atoms with Crippen LogP contribution >= 0.6 is 7.60 Å². The van der Waals surface area contributed by atoms with Gasteiger partial charge in [0.1, 0.15) is 12.2 Å². The summed E-state index contributed by atoms with van der Waals surface area (Å²) in [4.78, 5) is 13.9. The van der Waals surface area contributed by atoms with Gasteiger partial charge in [-0.1, -0.05) is 24.3 Å². The molecule has 0 fully saturated rings. The summed E-state index contributed by atoms with van der Waals surface area (Å²) in [5.74, 6) is 0.600. The summed E-state index contributed by atoms with van der Waals surface area (Å²) >= 11 is 0. The van der Waals surface area contributed by atoms with Crippen molar-refractivity contribution in [1.29, 1.82) is 5.41 Å². The Kier molecular flexibility index (Phi) is 5.99. The molecule has 1 unspecified atom stereocenters. The highest BCUT2D eigenvalue weighted by atomic mass is 31.2. The van der Waals surface area contributed by atoms with Crippen molar-refractivity contribution >= 4 is 13.4 Å². The van der Waals surface area contributed by atoms with E-state index in [2.05, 4.69) is 15.2 Å². The van der Waals surface area contributed by atoms with Gasteiger partial charge < -0.3 is 15.2 Å². The number of benzene rings is 1. The van der Waals surface area contributed by atoms with Gasteiger partial charge in [-0.05, 0) is 19.1 Å². The predicted molar refractivity (Wildman–Crippen MR) is 106 cm³/mol. The van der Waals surface area contributed by atoms with Crippen LogP contribution in [-0.2, 0) is 15.5 Å². The van der Waals surface area contributed by atoms with Gasteiger partial charge in [-0.15, -0.1) is 10.2 Å². The van der Waals surface area contributed by atoms with Gasteiger partial charge in [0.2, 0.25) is 0 Å². The molecule has 0 aliphatic heterocycles. The third-order valence-corrected chi connectivity index (χ3v) is 5.47. The van der Waals surface area contributed by atoms with Gasteiger partial charge in [-0.25, -0.2) is 4.98 Å². The number of nitrogen functional groups attached to an aromatic ring is 1. The zero-order valence-electron chi connectivity index (χ0n) is 15.3. The fourth-order valence-corrected chi connectivity index (χ4v) is 3.62. The minimum Gasteiger partial charge on any atom is -0.384 e. The molecule has 1 atom stereocenters. The highest BCUT2D eigenvalue weighted by Crippen LogP contribution is 2.41. The molecule has 0 saturated heterocycles. The van der Waals surface area contributed by atoms with Crippen LogP contribution in [0.1, 0.15) is 18.2 Å². The van der Waals surface area contributed by atoms with E-state index in [0.717, 1.165) is 5.56 Å². The normalized spacial score (nSPS) is 13.2. The molecule has 0 radical (unpaired) electrons. The average molecular weight is 400 g/mol. The van der Waals surface area contributed by atoms with E-state index in [1.54, 1.807) is 36.1 Å². The van der Waals surface area contributed by atoms with Gasteiger partial charge in [0, 0.05) is 23.7 Å². The van der Waals surface area contributed by atoms with Gasteiger partial charge >= 0.3 is 7.60 Å². The van der Waals surface area contributed by atoms with Crippen LogP contribution in [0.5, 0.6) is 0 Å². The smallest absolute Gasteiger partial charge is 0.328 e. The first-order chi connectivity index (χ1) is 13.4. The topological polar surface area (TPSA) is 140 Å². The van der Waals surface area contributed by atoms with Gasteiger partial charge in [0.05, 0.1) is 24.2 Å².